The van der Waals surface area contributed by atoms with E-state index in [1.807, 2.05) is 0 Å². The van der Waals surface area contributed by atoms with Crippen LogP contribution >= 0.6 is 12.2 Å². The second kappa shape index (κ2) is 4.56. The number of hydrogen-bond acceptors (Lipinski definition) is 4. The van der Waals surface area contributed by atoms with Crippen LogP contribution in [0.5, 0.6) is 0 Å². The molecule has 0 saturated heterocycles. The van der Waals surface area contributed by atoms with Crippen LogP contribution in [0.3, 0.4) is 0 Å². The Hall–Kier alpha value is -1.18. The molecule has 4 N–H and O–H groups in total. The molecule has 7 heteroatoms. The minimum atomic E-state index is -3.15. The first kappa shape index (κ1) is 11.9. The van der Waals surface area contributed by atoms with Gasteiger partial charge in [-0.15, -0.1) is 0 Å². The van der Waals surface area contributed by atoms with Gasteiger partial charge in [0.1, 0.15) is 0 Å². The van der Waals surface area contributed by atoms with Gasteiger partial charge in [-0.3, -0.25) is 0 Å². The van der Waals surface area contributed by atoms with Crippen molar-refractivity contribution in [2.75, 3.05) is 11.6 Å². The summed E-state index contributed by atoms with van der Waals surface area (Å²) in [5, 5.41) is 3.04. The molecule has 0 atom stereocenters. The molecule has 1 rings (SSSR count). The molecule has 0 radical (unpaired) electrons. The summed E-state index contributed by atoms with van der Waals surface area (Å²) >= 11 is 4.78. The van der Waals surface area contributed by atoms with E-state index in [4.69, 9.17) is 18.1 Å². The summed E-state index contributed by atoms with van der Waals surface area (Å²) in [6, 6.07) is 6.22. The number of rotatable bonds is 2. The SMILES string of the molecule is CS(=O)(=O)c1ccc(NC(=S)NN)cc1. The van der Waals surface area contributed by atoms with Crippen molar-refractivity contribution in [1.82, 2.24) is 5.43 Å². The summed E-state index contributed by atoms with van der Waals surface area (Å²) in [7, 11) is -3.15. The molecular weight excluding hydrogens is 234 g/mol. The van der Waals surface area contributed by atoms with E-state index in [-0.39, 0.29) is 10.0 Å². The van der Waals surface area contributed by atoms with Crippen molar-refractivity contribution >= 4 is 32.9 Å². The van der Waals surface area contributed by atoms with Crippen LogP contribution in [0.2, 0.25) is 0 Å². The fourth-order valence-corrected chi connectivity index (χ4v) is 1.70. The highest BCUT2D eigenvalue weighted by Crippen LogP contribution is 2.13. The maximum Gasteiger partial charge on any atom is 0.185 e. The van der Waals surface area contributed by atoms with Gasteiger partial charge >= 0.3 is 0 Å². The highest BCUT2D eigenvalue weighted by molar-refractivity contribution is 7.90. The average Bonchev–Trinajstić information content (AvgIpc) is 2.17. The second-order valence-electron chi connectivity index (χ2n) is 2.90. The van der Waals surface area contributed by atoms with Gasteiger partial charge in [0.2, 0.25) is 0 Å². The van der Waals surface area contributed by atoms with E-state index in [2.05, 4.69) is 10.7 Å². The lowest BCUT2D eigenvalue weighted by Gasteiger charge is -2.06. The van der Waals surface area contributed by atoms with Gasteiger partial charge in [0.25, 0.3) is 0 Å². The fourth-order valence-electron chi connectivity index (χ4n) is 0.953. The molecule has 82 valence electrons. The Balaban J connectivity index is 2.86. The average molecular weight is 245 g/mol. The standard InChI is InChI=1S/C8H11N3O2S2/c1-15(12,13)7-4-2-6(3-5-7)10-8(14)11-9/h2-5H,9H2,1H3,(H2,10,11,14). The zero-order valence-corrected chi connectivity index (χ0v) is 9.65. The van der Waals surface area contributed by atoms with E-state index < -0.39 is 9.84 Å². The number of nitrogens with two attached hydrogens (primary N) is 1. The molecule has 15 heavy (non-hydrogen) atoms. The number of thiocarbonyl (C=S) groups is 1. The van der Waals surface area contributed by atoms with Gasteiger partial charge in [-0.2, -0.15) is 0 Å². The Labute approximate surface area is 93.6 Å². The van der Waals surface area contributed by atoms with E-state index in [1.165, 1.54) is 12.1 Å². The van der Waals surface area contributed by atoms with Crippen molar-refractivity contribution in [3.05, 3.63) is 24.3 Å². The molecule has 0 spiro atoms. The Kier molecular flexibility index (Phi) is 3.61. The third-order valence-corrected chi connectivity index (χ3v) is 3.02. The zero-order valence-electron chi connectivity index (χ0n) is 8.02. The number of hydrogen-bond donors (Lipinski definition) is 3. The van der Waals surface area contributed by atoms with Gasteiger partial charge in [-0.05, 0) is 36.5 Å². The summed E-state index contributed by atoms with van der Waals surface area (Å²) in [4.78, 5) is 0.264. The normalized spacial score (nSPS) is 10.8. The van der Waals surface area contributed by atoms with Crippen molar-refractivity contribution in [1.29, 1.82) is 0 Å². The van der Waals surface area contributed by atoms with Gasteiger partial charge in [0.05, 0.1) is 4.90 Å². The second-order valence-corrected chi connectivity index (χ2v) is 5.32. The Morgan fingerprint density at radius 3 is 2.27 bits per heavy atom. The summed E-state index contributed by atoms with van der Waals surface area (Å²) in [6.07, 6.45) is 1.15. The van der Waals surface area contributed by atoms with E-state index in [1.54, 1.807) is 12.1 Å². The van der Waals surface area contributed by atoms with Crippen LogP contribution in [0, 0.1) is 0 Å². The Bertz CT molecular complexity index is 453. The maximum absolute atomic E-state index is 11.1. The van der Waals surface area contributed by atoms with Gasteiger partial charge in [-0.1, -0.05) is 0 Å². The van der Waals surface area contributed by atoms with Gasteiger partial charge in [-0.25, -0.2) is 14.3 Å². The molecule has 0 aromatic heterocycles. The number of anilines is 1. The molecule has 5 nitrogen and oxygen atoms in total. The minimum Gasteiger partial charge on any atom is -0.332 e. The van der Waals surface area contributed by atoms with Crippen molar-refractivity contribution in [2.24, 2.45) is 5.84 Å². The Morgan fingerprint density at radius 2 is 1.87 bits per heavy atom. The summed E-state index contributed by atoms with van der Waals surface area (Å²) < 4.78 is 22.3. The van der Waals surface area contributed by atoms with E-state index in [0.717, 1.165) is 6.26 Å². The van der Waals surface area contributed by atoms with Crippen LogP contribution in [-0.2, 0) is 9.84 Å². The highest BCUT2D eigenvalue weighted by Gasteiger charge is 2.05. The van der Waals surface area contributed by atoms with Crippen LogP contribution in [0.15, 0.2) is 29.2 Å². The lowest BCUT2D eigenvalue weighted by molar-refractivity contribution is 0.602. The topological polar surface area (TPSA) is 84.2 Å². The first-order valence-electron chi connectivity index (χ1n) is 4.01. The summed E-state index contributed by atoms with van der Waals surface area (Å²) in [5.74, 6) is 5.07. The summed E-state index contributed by atoms with van der Waals surface area (Å²) in [5.41, 5.74) is 2.93. The minimum absolute atomic E-state index is 0.264. The highest BCUT2D eigenvalue weighted by atomic mass is 32.2. The number of sulfone groups is 1. The van der Waals surface area contributed by atoms with Crippen molar-refractivity contribution < 1.29 is 8.42 Å². The first-order chi connectivity index (χ1) is 6.93. The smallest absolute Gasteiger partial charge is 0.185 e. The van der Waals surface area contributed by atoms with E-state index in [0.29, 0.717) is 5.69 Å². The van der Waals surface area contributed by atoms with Gasteiger partial charge in [0, 0.05) is 11.9 Å². The third-order valence-electron chi connectivity index (χ3n) is 1.67. The summed E-state index contributed by atoms with van der Waals surface area (Å²) in [6.45, 7) is 0. The molecule has 0 unspecified atom stereocenters. The molecule has 0 aliphatic heterocycles. The number of hydrazine groups is 1. The van der Waals surface area contributed by atoms with Gasteiger partial charge in [0.15, 0.2) is 14.9 Å². The quantitative estimate of drug-likeness (QED) is 0.393. The monoisotopic (exact) mass is 245 g/mol. The number of nitrogens with one attached hydrogen (secondary N) is 2. The molecule has 0 aliphatic carbocycles. The fraction of sp³-hybridized carbons (Fsp3) is 0.125. The molecule has 0 amide bonds. The molecule has 1 aromatic rings. The van der Waals surface area contributed by atoms with E-state index >= 15 is 0 Å². The van der Waals surface area contributed by atoms with Crippen molar-refractivity contribution in [3.63, 3.8) is 0 Å². The lowest BCUT2D eigenvalue weighted by Crippen LogP contribution is -2.34. The van der Waals surface area contributed by atoms with Crippen LogP contribution in [-0.4, -0.2) is 19.8 Å². The van der Waals surface area contributed by atoms with Crippen LogP contribution < -0.4 is 16.6 Å². The maximum atomic E-state index is 11.1. The molecule has 1 aromatic carbocycles. The van der Waals surface area contributed by atoms with Crippen LogP contribution in [0.4, 0.5) is 5.69 Å². The number of benzene rings is 1. The first-order valence-corrected chi connectivity index (χ1v) is 6.31. The molecule has 0 aliphatic rings. The van der Waals surface area contributed by atoms with Gasteiger partial charge < -0.3 is 10.7 Å². The molecule has 0 heterocycles. The molecule has 0 bridgehead atoms. The predicted octanol–water partition coefficient (Wildman–Crippen LogP) is 0.250. The lowest BCUT2D eigenvalue weighted by atomic mass is 10.3. The molecule has 0 fully saturated rings. The molecular formula is C8H11N3O2S2. The van der Waals surface area contributed by atoms with Crippen molar-refractivity contribution in [2.45, 2.75) is 4.90 Å². The largest absolute Gasteiger partial charge is 0.332 e. The predicted molar refractivity (Wildman–Crippen MR) is 63.1 cm³/mol. The Morgan fingerprint density at radius 1 is 1.33 bits per heavy atom. The zero-order chi connectivity index (χ0) is 11.5. The molecule has 0 saturated carbocycles. The third kappa shape index (κ3) is 3.46. The van der Waals surface area contributed by atoms with Crippen LogP contribution in [0.25, 0.3) is 0 Å². The van der Waals surface area contributed by atoms with Crippen molar-refractivity contribution in [3.8, 4) is 0 Å². The van der Waals surface area contributed by atoms with Crippen LogP contribution in [0.1, 0.15) is 0 Å². The van der Waals surface area contributed by atoms with E-state index in [9.17, 15) is 8.42 Å².